The fourth-order valence-corrected chi connectivity index (χ4v) is 1.88. The maximum absolute atomic E-state index is 13.4. The summed E-state index contributed by atoms with van der Waals surface area (Å²) in [6, 6.07) is 15.2. The smallest absolute Gasteiger partial charge is 0.224 e. The normalized spacial score (nSPS) is 11.9. The van der Waals surface area contributed by atoms with Crippen molar-refractivity contribution in [1.29, 1.82) is 0 Å². The first-order chi connectivity index (χ1) is 9.66. The van der Waals surface area contributed by atoms with Crippen molar-refractivity contribution in [1.82, 2.24) is 5.32 Å². The van der Waals surface area contributed by atoms with Gasteiger partial charge in [-0.3, -0.25) is 4.79 Å². The van der Waals surface area contributed by atoms with Crippen LogP contribution in [0.1, 0.15) is 17.2 Å². The van der Waals surface area contributed by atoms with E-state index in [0.29, 0.717) is 5.56 Å². The summed E-state index contributed by atoms with van der Waals surface area (Å²) in [7, 11) is 0. The molecular weight excluding hydrogens is 257 g/mol. The van der Waals surface area contributed by atoms with Gasteiger partial charge < -0.3 is 10.4 Å². The maximum atomic E-state index is 13.4. The Morgan fingerprint density at radius 2 is 1.75 bits per heavy atom. The molecule has 0 fully saturated rings. The van der Waals surface area contributed by atoms with E-state index in [1.165, 1.54) is 6.07 Å². The lowest BCUT2D eigenvalue weighted by Crippen LogP contribution is -2.29. The van der Waals surface area contributed by atoms with Crippen LogP contribution in [-0.2, 0) is 11.2 Å². The number of rotatable bonds is 5. The number of aliphatic hydroxyl groups is 1. The molecule has 0 spiro atoms. The van der Waals surface area contributed by atoms with Gasteiger partial charge in [-0.15, -0.1) is 0 Å². The van der Waals surface area contributed by atoms with E-state index in [9.17, 15) is 14.3 Å². The molecule has 104 valence electrons. The Kier molecular flexibility index (Phi) is 4.85. The SMILES string of the molecule is O=C(Cc1ccccc1F)NC[C@@H](O)c1ccccc1. The zero-order valence-corrected chi connectivity index (χ0v) is 10.9. The molecule has 1 amide bonds. The second-order valence-electron chi connectivity index (χ2n) is 4.50. The minimum absolute atomic E-state index is 0.0335. The number of benzene rings is 2. The Hall–Kier alpha value is -2.20. The third kappa shape index (κ3) is 3.90. The van der Waals surface area contributed by atoms with Crippen LogP contribution in [0.5, 0.6) is 0 Å². The van der Waals surface area contributed by atoms with Gasteiger partial charge in [0.05, 0.1) is 12.5 Å². The Morgan fingerprint density at radius 3 is 2.45 bits per heavy atom. The summed E-state index contributed by atoms with van der Waals surface area (Å²) in [5, 5.41) is 12.5. The Morgan fingerprint density at radius 1 is 1.10 bits per heavy atom. The fourth-order valence-electron chi connectivity index (χ4n) is 1.88. The molecule has 0 bridgehead atoms. The van der Waals surface area contributed by atoms with Crippen LogP contribution < -0.4 is 5.32 Å². The predicted octanol–water partition coefficient (Wildman–Crippen LogP) is 2.22. The van der Waals surface area contributed by atoms with E-state index in [-0.39, 0.29) is 18.9 Å². The molecule has 1 atom stereocenters. The van der Waals surface area contributed by atoms with Crippen LogP contribution in [0, 0.1) is 5.82 Å². The summed E-state index contributed by atoms with van der Waals surface area (Å²) in [5.74, 6) is -0.712. The van der Waals surface area contributed by atoms with Crippen molar-refractivity contribution in [3.8, 4) is 0 Å². The van der Waals surface area contributed by atoms with Gasteiger partial charge in [-0.05, 0) is 17.2 Å². The molecular formula is C16H16FNO2. The highest BCUT2D eigenvalue weighted by molar-refractivity contribution is 5.78. The molecule has 20 heavy (non-hydrogen) atoms. The van der Waals surface area contributed by atoms with Gasteiger partial charge in [0.2, 0.25) is 5.91 Å². The largest absolute Gasteiger partial charge is 0.387 e. The summed E-state index contributed by atoms with van der Waals surface area (Å²) in [6.07, 6.45) is -0.797. The van der Waals surface area contributed by atoms with E-state index in [2.05, 4.69) is 5.32 Å². The lowest BCUT2D eigenvalue weighted by Gasteiger charge is -2.12. The fraction of sp³-hybridized carbons (Fsp3) is 0.188. The predicted molar refractivity (Wildman–Crippen MR) is 74.5 cm³/mol. The molecule has 2 aromatic carbocycles. The van der Waals surface area contributed by atoms with Crippen LogP contribution in [0.3, 0.4) is 0 Å². The van der Waals surface area contributed by atoms with Crippen LogP contribution in [0.4, 0.5) is 4.39 Å². The van der Waals surface area contributed by atoms with Crippen molar-refractivity contribution in [2.45, 2.75) is 12.5 Å². The Labute approximate surface area is 117 Å². The molecule has 0 aromatic heterocycles. The highest BCUT2D eigenvalue weighted by Gasteiger charge is 2.11. The summed E-state index contributed by atoms with van der Waals surface area (Å²) in [4.78, 5) is 11.7. The van der Waals surface area contributed by atoms with Crippen LogP contribution in [0.25, 0.3) is 0 Å². The van der Waals surface area contributed by atoms with E-state index in [1.54, 1.807) is 30.3 Å². The van der Waals surface area contributed by atoms with Gasteiger partial charge in [-0.1, -0.05) is 48.5 Å². The Balaban J connectivity index is 1.85. The molecule has 4 heteroatoms. The quantitative estimate of drug-likeness (QED) is 0.877. The highest BCUT2D eigenvalue weighted by atomic mass is 19.1. The highest BCUT2D eigenvalue weighted by Crippen LogP contribution is 2.11. The molecule has 0 aliphatic heterocycles. The second kappa shape index (κ2) is 6.82. The molecule has 0 unspecified atom stereocenters. The Bertz CT molecular complexity index is 572. The summed E-state index contributed by atoms with van der Waals surface area (Å²) in [6.45, 7) is 0.108. The van der Waals surface area contributed by atoms with Crippen molar-refractivity contribution in [2.75, 3.05) is 6.54 Å². The first-order valence-electron chi connectivity index (χ1n) is 6.40. The number of amides is 1. The van der Waals surface area contributed by atoms with Crippen LogP contribution in [0.2, 0.25) is 0 Å². The van der Waals surface area contributed by atoms with Crippen molar-refractivity contribution in [3.05, 3.63) is 71.5 Å². The molecule has 3 nitrogen and oxygen atoms in total. The van der Waals surface area contributed by atoms with Crippen molar-refractivity contribution >= 4 is 5.91 Å². The van der Waals surface area contributed by atoms with Gasteiger partial charge in [0.15, 0.2) is 0 Å². The molecule has 2 aromatic rings. The number of carbonyl (C=O) groups excluding carboxylic acids is 1. The minimum Gasteiger partial charge on any atom is -0.387 e. The van der Waals surface area contributed by atoms with E-state index >= 15 is 0 Å². The average molecular weight is 273 g/mol. The zero-order valence-electron chi connectivity index (χ0n) is 10.9. The van der Waals surface area contributed by atoms with E-state index in [0.717, 1.165) is 5.56 Å². The molecule has 0 saturated carbocycles. The second-order valence-corrected chi connectivity index (χ2v) is 4.50. The number of halogens is 1. The first kappa shape index (κ1) is 14.2. The van der Waals surface area contributed by atoms with Gasteiger partial charge in [-0.25, -0.2) is 4.39 Å². The van der Waals surface area contributed by atoms with Crippen LogP contribution >= 0.6 is 0 Å². The maximum Gasteiger partial charge on any atom is 0.224 e. The molecule has 0 saturated heterocycles. The van der Waals surface area contributed by atoms with Crippen LogP contribution in [-0.4, -0.2) is 17.6 Å². The molecule has 0 heterocycles. The molecule has 2 rings (SSSR count). The number of hydrogen-bond donors (Lipinski definition) is 2. The van der Waals surface area contributed by atoms with E-state index < -0.39 is 11.9 Å². The van der Waals surface area contributed by atoms with Gasteiger partial charge in [0.25, 0.3) is 0 Å². The monoisotopic (exact) mass is 273 g/mol. The van der Waals surface area contributed by atoms with Crippen LogP contribution in [0.15, 0.2) is 54.6 Å². The standard InChI is InChI=1S/C16H16FNO2/c17-14-9-5-4-8-13(14)10-16(20)18-11-15(19)12-6-2-1-3-7-12/h1-9,15,19H,10-11H2,(H,18,20)/t15-/m1/s1. The lowest BCUT2D eigenvalue weighted by atomic mass is 10.1. The molecule has 0 aliphatic carbocycles. The minimum atomic E-state index is -0.763. The van der Waals surface area contributed by atoms with Crippen molar-refractivity contribution < 1.29 is 14.3 Å². The first-order valence-corrected chi connectivity index (χ1v) is 6.40. The van der Waals surface area contributed by atoms with E-state index in [4.69, 9.17) is 0 Å². The third-order valence-corrected chi connectivity index (χ3v) is 2.99. The number of hydrogen-bond acceptors (Lipinski definition) is 2. The number of nitrogens with one attached hydrogen (secondary N) is 1. The number of carbonyl (C=O) groups is 1. The topological polar surface area (TPSA) is 49.3 Å². The third-order valence-electron chi connectivity index (χ3n) is 2.99. The zero-order chi connectivity index (χ0) is 14.4. The van der Waals surface area contributed by atoms with Crippen molar-refractivity contribution in [2.24, 2.45) is 0 Å². The molecule has 0 aliphatic rings. The summed E-state index contributed by atoms with van der Waals surface area (Å²) < 4.78 is 13.4. The molecule has 0 radical (unpaired) electrons. The van der Waals surface area contributed by atoms with Gasteiger partial charge >= 0.3 is 0 Å². The van der Waals surface area contributed by atoms with Crippen molar-refractivity contribution in [3.63, 3.8) is 0 Å². The number of aliphatic hydroxyl groups excluding tert-OH is 1. The average Bonchev–Trinajstić information content (AvgIpc) is 2.48. The lowest BCUT2D eigenvalue weighted by molar-refractivity contribution is -0.120. The summed E-state index contributed by atoms with van der Waals surface area (Å²) in [5.41, 5.74) is 1.08. The summed E-state index contributed by atoms with van der Waals surface area (Å²) >= 11 is 0. The van der Waals surface area contributed by atoms with Gasteiger partial charge in [-0.2, -0.15) is 0 Å². The van der Waals surface area contributed by atoms with E-state index in [1.807, 2.05) is 18.2 Å². The molecule has 2 N–H and O–H groups in total. The van der Waals surface area contributed by atoms with Gasteiger partial charge in [0.1, 0.15) is 5.82 Å². The van der Waals surface area contributed by atoms with Gasteiger partial charge in [0, 0.05) is 6.54 Å².